The van der Waals surface area contributed by atoms with Crippen molar-refractivity contribution < 1.29 is 9.53 Å². The number of unbranched alkanes of at least 4 members (excludes halogenated alkanes) is 6. The van der Waals surface area contributed by atoms with E-state index >= 15 is 0 Å². The molecule has 0 amide bonds. The first-order valence-electron chi connectivity index (χ1n) is 8.13. The highest BCUT2D eigenvalue weighted by atomic mass is 16.5. The zero-order valence-corrected chi connectivity index (χ0v) is 13.1. The fourth-order valence-electron chi connectivity index (χ4n) is 2.25. The van der Waals surface area contributed by atoms with Crippen LogP contribution in [-0.4, -0.2) is 12.6 Å². The summed E-state index contributed by atoms with van der Waals surface area (Å²) in [6.45, 7) is 4.29. The monoisotopic (exact) mass is 288 g/mol. The Hall–Kier alpha value is -1.57. The number of hydrogen-bond acceptors (Lipinski definition) is 2. The lowest BCUT2D eigenvalue weighted by molar-refractivity contribution is -0.143. The van der Waals surface area contributed by atoms with E-state index in [-0.39, 0.29) is 5.97 Å². The van der Waals surface area contributed by atoms with Gasteiger partial charge in [0.1, 0.15) is 0 Å². The fourth-order valence-corrected chi connectivity index (χ4v) is 2.25. The highest BCUT2D eigenvalue weighted by Gasteiger charge is 2.03. The third-order valence-electron chi connectivity index (χ3n) is 3.53. The Labute approximate surface area is 129 Å². The summed E-state index contributed by atoms with van der Waals surface area (Å²) < 4.78 is 5.26. The minimum absolute atomic E-state index is 0.0789. The molecule has 0 atom stereocenters. The van der Waals surface area contributed by atoms with Gasteiger partial charge in [0.25, 0.3) is 0 Å². The molecule has 1 aromatic carbocycles. The SMILES string of the molecule is C=CCCCCCCCCOC(=O)CCc1ccccc1. The predicted molar refractivity (Wildman–Crippen MR) is 88.2 cm³/mol. The summed E-state index contributed by atoms with van der Waals surface area (Å²) in [5.41, 5.74) is 1.19. The summed E-state index contributed by atoms with van der Waals surface area (Å²) in [6, 6.07) is 10.1. The van der Waals surface area contributed by atoms with Crippen molar-refractivity contribution in [1.29, 1.82) is 0 Å². The van der Waals surface area contributed by atoms with E-state index in [1.807, 2.05) is 36.4 Å². The summed E-state index contributed by atoms with van der Waals surface area (Å²) in [5, 5.41) is 0. The number of rotatable bonds is 12. The Bertz CT molecular complexity index is 384. The molecule has 0 heterocycles. The van der Waals surface area contributed by atoms with Gasteiger partial charge in [0.05, 0.1) is 6.61 Å². The van der Waals surface area contributed by atoms with E-state index in [4.69, 9.17) is 4.74 Å². The van der Waals surface area contributed by atoms with Gasteiger partial charge in [-0.25, -0.2) is 0 Å². The third kappa shape index (κ3) is 9.89. The highest BCUT2D eigenvalue weighted by Crippen LogP contribution is 2.08. The third-order valence-corrected chi connectivity index (χ3v) is 3.53. The molecule has 2 heteroatoms. The van der Waals surface area contributed by atoms with Crippen LogP contribution in [0.25, 0.3) is 0 Å². The van der Waals surface area contributed by atoms with Crippen LogP contribution in [0.4, 0.5) is 0 Å². The average molecular weight is 288 g/mol. The van der Waals surface area contributed by atoms with Crippen molar-refractivity contribution in [3.05, 3.63) is 48.6 Å². The second kappa shape index (κ2) is 12.2. The van der Waals surface area contributed by atoms with Gasteiger partial charge in [0, 0.05) is 6.42 Å². The van der Waals surface area contributed by atoms with Crippen LogP contribution in [0.15, 0.2) is 43.0 Å². The van der Waals surface area contributed by atoms with Crippen molar-refractivity contribution in [1.82, 2.24) is 0 Å². The normalized spacial score (nSPS) is 10.3. The number of carbonyl (C=O) groups excluding carboxylic acids is 1. The maximum Gasteiger partial charge on any atom is 0.306 e. The number of carbonyl (C=O) groups is 1. The molecular formula is C19H28O2. The summed E-state index contributed by atoms with van der Waals surface area (Å²) in [5.74, 6) is -0.0789. The molecule has 0 aliphatic rings. The smallest absolute Gasteiger partial charge is 0.306 e. The largest absolute Gasteiger partial charge is 0.466 e. The Morgan fingerprint density at radius 1 is 1.00 bits per heavy atom. The number of benzene rings is 1. The number of allylic oxidation sites excluding steroid dienone is 1. The van der Waals surface area contributed by atoms with E-state index in [2.05, 4.69) is 6.58 Å². The summed E-state index contributed by atoms with van der Waals surface area (Å²) in [6.07, 6.45) is 11.5. The fraction of sp³-hybridized carbons (Fsp3) is 0.526. The molecule has 0 aliphatic carbocycles. The highest BCUT2D eigenvalue weighted by molar-refractivity contribution is 5.69. The molecule has 0 unspecified atom stereocenters. The Balaban J connectivity index is 1.90. The summed E-state index contributed by atoms with van der Waals surface area (Å²) in [4.78, 5) is 11.6. The van der Waals surface area contributed by atoms with Gasteiger partial charge in [-0.3, -0.25) is 4.79 Å². The molecule has 0 spiro atoms. The van der Waals surface area contributed by atoms with Gasteiger partial charge in [0.15, 0.2) is 0 Å². The number of aryl methyl sites for hydroxylation is 1. The van der Waals surface area contributed by atoms with E-state index in [0.29, 0.717) is 13.0 Å². The Kier molecular flexibility index (Phi) is 10.1. The maximum atomic E-state index is 11.6. The van der Waals surface area contributed by atoms with Crippen LogP contribution in [0.2, 0.25) is 0 Å². The van der Waals surface area contributed by atoms with E-state index in [1.165, 1.54) is 31.2 Å². The van der Waals surface area contributed by atoms with Gasteiger partial charge in [-0.05, 0) is 31.2 Å². The average Bonchev–Trinajstić information content (AvgIpc) is 2.52. The zero-order valence-electron chi connectivity index (χ0n) is 13.1. The minimum atomic E-state index is -0.0789. The van der Waals surface area contributed by atoms with E-state index < -0.39 is 0 Å². The molecule has 21 heavy (non-hydrogen) atoms. The zero-order chi connectivity index (χ0) is 15.2. The van der Waals surface area contributed by atoms with Crippen LogP contribution in [0.3, 0.4) is 0 Å². The molecule has 1 aromatic rings. The molecule has 0 saturated carbocycles. The van der Waals surface area contributed by atoms with Gasteiger partial charge in [0.2, 0.25) is 0 Å². The quantitative estimate of drug-likeness (QED) is 0.304. The first kappa shape index (κ1) is 17.5. The number of hydrogen-bond donors (Lipinski definition) is 0. The van der Waals surface area contributed by atoms with Gasteiger partial charge < -0.3 is 4.74 Å². The van der Waals surface area contributed by atoms with Crippen LogP contribution >= 0.6 is 0 Å². The number of ether oxygens (including phenoxy) is 1. The van der Waals surface area contributed by atoms with Crippen molar-refractivity contribution >= 4 is 5.97 Å². The second-order valence-corrected chi connectivity index (χ2v) is 5.40. The molecule has 0 aliphatic heterocycles. The molecule has 116 valence electrons. The minimum Gasteiger partial charge on any atom is -0.466 e. The Morgan fingerprint density at radius 2 is 1.67 bits per heavy atom. The van der Waals surface area contributed by atoms with Gasteiger partial charge in [-0.15, -0.1) is 6.58 Å². The van der Waals surface area contributed by atoms with Crippen molar-refractivity contribution in [2.45, 2.75) is 57.8 Å². The lowest BCUT2D eigenvalue weighted by atomic mass is 10.1. The lowest BCUT2D eigenvalue weighted by Crippen LogP contribution is -2.07. The van der Waals surface area contributed by atoms with Crippen LogP contribution in [0.5, 0.6) is 0 Å². The van der Waals surface area contributed by atoms with Crippen molar-refractivity contribution in [3.8, 4) is 0 Å². The molecule has 0 N–H and O–H groups in total. The van der Waals surface area contributed by atoms with Gasteiger partial charge >= 0.3 is 5.97 Å². The van der Waals surface area contributed by atoms with Gasteiger partial charge in [-0.2, -0.15) is 0 Å². The molecule has 0 fully saturated rings. The lowest BCUT2D eigenvalue weighted by Gasteiger charge is -2.05. The van der Waals surface area contributed by atoms with Crippen LogP contribution in [-0.2, 0) is 16.0 Å². The van der Waals surface area contributed by atoms with Crippen LogP contribution in [0, 0.1) is 0 Å². The molecular weight excluding hydrogens is 260 g/mol. The second-order valence-electron chi connectivity index (χ2n) is 5.40. The van der Waals surface area contributed by atoms with E-state index in [1.54, 1.807) is 0 Å². The van der Waals surface area contributed by atoms with E-state index in [0.717, 1.165) is 25.7 Å². The predicted octanol–water partition coefficient (Wildman–Crippen LogP) is 5.08. The molecule has 0 radical (unpaired) electrons. The van der Waals surface area contributed by atoms with Crippen molar-refractivity contribution in [2.24, 2.45) is 0 Å². The first-order chi connectivity index (χ1) is 10.3. The first-order valence-corrected chi connectivity index (χ1v) is 8.13. The van der Waals surface area contributed by atoms with Crippen molar-refractivity contribution in [2.75, 3.05) is 6.61 Å². The van der Waals surface area contributed by atoms with Crippen LogP contribution in [0.1, 0.15) is 56.9 Å². The maximum absolute atomic E-state index is 11.6. The molecule has 0 saturated heterocycles. The van der Waals surface area contributed by atoms with Crippen LogP contribution < -0.4 is 0 Å². The van der Waals surface area contributed by atoms with Gasteiger partial charge in [-0.1, -0.05) is 62.1 Å². The molecule has 0 aromatic heterocycles. The standard InChI is InChI=1S/C19H28O2/c1-2-3-4-5-6-7-8-12-17-21-19(20)16-15-18-13-10-9-11-14-18/h2,9-11,13-14H,1,3-8,12,15-17H2. The summed E-state index contributed by atoms with van der Waals surface area (Å²) in [7, 11) is 0. The van der Waals surface area contributed by atoms with E-state index in [9.17, 15) is 4.79 Å². The topological polar surface area (TPSA) is 26.3 Å². The van der Waals surface area contributed by atoms with Crippen molar-refractivity contribution in [3.63, 3.8) is 0 Å². The molecule has 0 bridgehead atoms. The molecule has 1 rings (SSSR count). The summed E-state index contributed by atoms with van der Waals surface area (Å²) >= 11 is 0. The Morgan fingerprint density at radius 3 is 2.38 bits per heavy atom. The number of esters is 1. The molecule has 2 nitrogen and oxygen atoms in total.